The third-order valence-corrected chi connectivity index (χ3v) is 8.33. The number of halogens is 2. The van der Waals surface area contributed by atoms with Crippen molar-refractivity contribution in [3.05, 3.63) is 104 Å². The van der Waals surface area contributed by atoms with Crippen molar-refractivity contribution in [1.29, 1.82) is 0 Å². The molecule has 4 aromatic rings. The summed E-state index contributed by atoms with van der Waals surface area (Å²) in [5.74, 6) is 0. The highest BCUT2D eigenvalue weighted by molar-refractivity contribution is 6.30. The average molecular weight is 551 g/mol. The van der Waals surface area contributed by atoms with Gasteiger partial charge in [0.05, 0.1) is 11.0 Å². The Labute approximate surface area is 235 Å². The number of piperidine rings is 1. The molecule has 1 saturated heterocycles. The maximum atomic E-state index is 13.6. The van der Waals surface area contributed by atoms with Gasteiger partial charge in [0.2, 0.25) is 0 Å². The number of likely N-dealkylation sites (tertiary alicyclic amines) is 1. The highest BCUT2D eigenvalue weighted by Crippen LogP contribution is 2.26. The fraction of sp³-hybridized carbons (Fsp3) is 0.406. The van der Waals surface area contributed by atoms with E-state index >= 15 is 0 Å². The van der Waals surface area contributed by atoms with E-state index in [4.69, 9.17) is 23.2 Å². The molecule has 5 rings (SSSR count). The number of para-hydroxylation sites is 2. The van der Waals surface area contributed by atoms with Gasteiger partial charge in [0.1, 0.15) is 0 Å². The van der Waals surface area contributed by atoms with Crippen molar-refractivity contribution < 1.29 is 0 Å². The number of rotatable bonds is 11. The molecule has 200 valence electrons. The fourth-order valence-corrected chi connectivity index (χ4v) is 6.28. The lowest BCUT2D eigenvalue weighted by molar-refractivity contribution is 0.183. The molecule has 2 heterocycles. The minimum absolute atomic E-state index is 0.147. The van der Waals surface area contributed by atoms with Crippen LogP contribution in [0.3, 0.4) is 0 Å². The van der Waals surface area contributed by atoms with Gasteiger partial charge in [-0.2, -0.15) is 0 Å². The van der Waals surface area contributed by atoms with Gasteiger partial charge in [-0.05, 0) is 105 Å². The molecular formula is C32H37Cl2N3O. The molecule has 0 N–H and O–H groups in total. The first-order chi connectivity index (χ1) is 18.6. The second kappa shape index (κ2) is 13.0. The summed E-state index contributed by atoms with van der Waals surface area (Å²) in [7, 11) is 0. The number of benzene rings is 3. The van der Waals surface area contributed by atoms with E-state index in [2.05, 4.69) is 45.9 Å². The van der Waals surface area contributed by atoms with E-state index < -0.39 is 0 Å². The molecular weight excluding hydrogens is 513 g/mol. The van der Waals surface area contributed by atoms with Gasteiger partial charge in [-0.15, -0.1) is 0 Å². The van der Waals surface area contributed by atoms with Crippen LogP contribution in [0.5, 0.6) is 0 Å². The van der Waals surface area contributed by atoms with Gasteiger partial charge < -0.3 is 4.90 Å². The lowest BCUT2D eigenvalue weighted by Gasteiger charge is -2.32. The van der Waals surface area contributed by atoms with Crippen LogP contribution in [0.15, 0.2) is 77.6 Å². The summed E-state index contributed by atoms with van der Waals surface area (Å²) in [5, 5.41) is 1.60. The lowest BCUT2D eigenvalue weighted by atomic mass is 10.0. The average Bonchev–Trinajstić information content (AvgIpc) is 3.20. The molecule has 4 nitrogen and oxygen atoms in total. The predicted octanol–water partition coefficient (Wildman–Crippen LogP) is 7.79. The molecule has 0 bridgehead atoms. The van der Waals surface area contributed by atoms with Crippen molar-refractivity contribution in [2.45, 2.75) is 64.0 Å². The van der Waals surface area contributed by atoms with E-state index in [0.717, 1.165) is 85.8 Å². The predicted molar refractivity (Wildman–Crippen MR) is 160 cm³/mol. The summed E-state index contributed by atoms with van der Waals surface area (Å²) in [4.78, 5) is 16.2. The number of imidazole rings is 1. The summed E-state index contributed by atoms with van der Waals surface area (Å²) in [6, 6.07) is 24.8. The zero-order chi connectivity index (χ0) is 26.3. The second-order valence-electron chi connectivity index (χ2n) is 10.5. The molecule has 0 radical (unpaired) electrons. The van der Waals surface area contributed by atoms with Crippen LogP contribution in [0.2, 0.25) is 10.0 Å². The van der Waals surface area contributed by atoms with Gasteiger partial charge in [0.15, 0.2) is 0 Å². The SMILES string of the molecule is O=c1n(CCCCc2cccc(Cl)c2)c2ccccc2n1C1CCN(CCCCc2cccc(Cl)c2)CC1. The number of nitrogens with zero attached hydrogens (tertiary/aromatic N) is 3. The highest BCUT2D eigenvalue weighted by Gasteiger charge is 2.25. The number of aromatic nitrogens is 2. The van der Waals surface area contributed by atoms with Crippen molar-refractivity contribution in [2.24, 2.45) is 0 Å². The van der Waals surface area contributed by atoms with Gasteiger partial charge in [-0.25, -0.2) is 4.79 Å². The standard InChI is InChI=1S/C32H37Cl2N3O/c33-27-13-7-11-25(23-27)9-3-5-19-35-21-17-29(18-22-35)37-31-16-2-1-15-30(31)36(32(37)38)20-6-4-10-26-12-8-14-28(34)24-26/h1-2,7-8,11-16,23-24,29H,3-6,9-10,17-22H2. The summed E-state index contributed by atoms with van der Waals surface area (Å²) in [6.07, 6.45) is 8.46. The third-order valence-electron chi connectivity index (χ3n) is 7.86. The van der Waals surface area contributed by atoms with Gasteiger partial charge in [0.25, 0.3) is 0 Å². The van der Waals surface area contributed by atoms with Crippen molar-refractivity contribution in [3.63, 3.8) is 0 Å². The fourth-order valence-electron chi connectivity index (χ4n) is 5.85. The monoisotopic (exact) mass is 549 g/mol. The summed E-state index contributed by atoms with van der Waals surface area (Å²) in [5.41, 5.74) is 4.85. The van der Waals surface area contributed by atoms with Gasteiger partial charge in [0, 0.05) is 35.7 Å². The van der Waals surface area contributed by atoms with E-state index in [0.29, 0.717) is 0 Å². The summed E-state index contributed by atoms with van der Waals surface area (Å²) < 4.78 is 4.08. The maximum Gasteiger partial charge on any atom is 0.329 e. The number of fused-ring (bicyclic) bond motifs is 1. The minimum Gasteiger partial charge on any atom is -0.303 e. The Bertz CT molecular complexity index is 1400. The molecule has 1 fully saturated rings. The Morgan fingerprint density at radius 2 is 1.26 bits per heavy atom. The van der Waals surface area contributed by atoms with Gasteiger partial charge >= 0.3 is 5.69 Å². The molecule has 3 aromatic carbocycles. The summed E-state index contributed by atoms with van der Waals surface area (Å²) in [6.45, 7) is 3.97. The van der Waals surface area contributed by atoms with E-state index in [1.165, 1.54) is 24.0 Å². The van der Waals surface area contributed by atoms with Crippen LogP contribution in [0.1, 0.15) is 55.7 Å². The molecule has 0 saturated carbocycles. The number of hydrogen-bond acceptors (Lipinski definition) is 2. The van der Waals surface area contributed by atoms with Crippen LogP contribution in [0.4, 0.5) is 0 Å². The highest BCUT2D eigenvalue weighted by atomic mass is 35.5. The van der Waals surface area contributed by atoms with Crippen LogP contribution < -0.4 is 5.69 Å². The molecule has 1 aliphatic heterocycles. The topological polar surface area (TPSA) is 30.2 Å². The Morgan fingerprint density at radius 3 is 1.87 bits per heavy atom. The number of aryl methyl sites for hydroxylation is 3. The number of hydrogen-bond donors (Lipinski definition) is 0. The normalized spacial score (nSPS) is 14.9. The molecule has 1 aromatic heterocycles. The molecule has 1 aliphatic rings. The van der Waals surface area contributed by atoms with E-state index in [9.17, 15) is 4.79 Å². The van der Waals surface area contributed by atoms with Crippen LogP contribution in [0.25, 0.3) is 11.0 Å². The third kappa shape index (κ3) is 6.72. The quantitative estimate of drug-likeness (QED) is 0.179. The van der Waals surface area contributed by atoms with Gasteiger partial charge in [-0.1, -0.05) is 59.6 Å². The largest absolute Gasteiger partial charge is 0.329 e. The van der Waals surface area contributed by atoms with Crippen molar-refractivity contribution >= 4 is 34.2 Å². The van der Waals surface area contributed by atoms with Crippen molar-refractivity contribution in [3.8, 4) is 0 Å². The van der Waals surface area contributed by atoms with E-state index in [-0.39, 0.29) is 11.7 Å². The molecule has 0 unspecified atom stereocenters. The van der Waals surface area contributed by atoms with Crippen LogP contribution in [-0.4, -0.2) is 33.7 Å². The first kappa shape index (κ1) is 27.1. The zero-order valence-corrected chi connectivity index (χ0v) is 23.5. The Balaban J connectivity index is 1.15. The first-order valence-corrected chi connectivity index (χ1v) is 14.7. The lowest BCUT2D eigenvalue weighted by Crippen LogP contribution is -2.38. The maximum absolute atomic E-state index is 13.6. The Hall–Kier alpha value is -2.53. The molecule has 6 heteroatoms. The zero-order valence-electron chi connectivity index (χ0n) is 22.0. The van der Waals surface area contributed by atoms with Gasteiger partial charge in [-0.3, -0.25) is 9.13 Å². The Morgan fingerprint density at radius 1 is 0.684 bits per heavy atom. The second-order valence-corrected chi connectivity index (χ2v) is 11.4. The van der Waals surface area contributed by atoms with E-state index in [1.807, 2.05) is 41.0 Å². The van der Waals surface area contributed by atoms with Crippen molar-refractivity contribution in [2.75, 3.05) is 19.6 Å². The van der Waals surface area contributed by atoms with E-state index in [1.54, 1.807) is 0 Å². The Kier molecular flexibility index (Phi) is 9.27. The van der Waals surface area contributed by atoms with Crippen molar-refractivity contribution in [1.82, 2.24) is 14.0 Å². The van der Waals surface area contributed by atoms with Crippen LogP contribution in [0, 0.1) is 0 Å². The smallest absolute Gasteiger partial charge is 0.303 e. The molecule has 0 aliphatic carbocycles. The molecule has 0 amide bonds. The molecule has 0 atom stereocenters. The summed E-state index contributed by atoms with van der Waals surface area (Å²) >= 11 is 12.2. The molecule has 0 spiro atoms. The van der Waals surface area contributed by atoms with Crippen LogP contribution >= 0.6 is 23.2 Å². The minimum atomic E-state index is 0.147. The number of unbranched alkanes of at least 4 members (excludes halogenated alkanes) is 2. The molecule has 38 heavy (non-hydrogen) atoms. The van der Waals surface area contributed by atoms with Crippen LogP contribution in [-0.2, 0) is 19.4 Å². The first-order valence-electron chi connectivity index (χ1n) is 14.0.